The molecule has 0 bridgehead atoms. The number of hydrogen-bond donors (Lipinski definition) is 0. The van der Waals surface area contributed by atoms with Crippen LogP contribution in [0.2, 0.25) is 0 Å². The molecule has 0 fully saturated rings. The third-order valence-electron chi connectivity index (χ3n) is 2.88. The van der Waals surface area contributed by atoms with E-state index in [0.29, 0.717) is 0 Å². The van der Waals surface area contributed by atoms with E-state index in [1.807, 2.05) is 60.7 Å². The second-order valence-corrected chi connectivity index (χ2v) is 4.53. The zero-order valence-electron chi connectivity index (χ0n) is 11.1. The Bertz CT molecular complexity index is 559. The van der Waals surface area contributed by atoms with Crippen molar-refractivity contribution < 1.29 is 19.1 Å². The predicted octanol–water partition coefficient (Wildman–Crippen LogP) is 3.69. The largest absolute Gasteiger partial charge is 0.427 e. The van der Waals surface area contributed by atoms with Crippen molar-refractivity contribution >= 4 is 23.0 Å². The second kappa shape index (κ2) is 7.45. The first-order valence-corrected chi connectivity index (χ1v) is 6.65. The van der Waals surface area contributed by atoms with Crippen LogP contribution in [-0.4, -0.2) is 18.2 Å². The van der Waals surface area contributed by atoms with E-state index in [9.17, 15) is 9.59 Å². The Balaban J connectivity index is 2.21. The molecule has 0 N–H and O–H groups in total. The van der Waals surface area contributed by atoms with Crippen LogP contribution in [0.15, 0.2) is 60.7 Å². The van der Waals surface area contributed by atoms with Crippen LogP contribution in [0.1, 0.15) is 17.0 Å². The number of rotatable bonds is 5. The summed E-state index contributed by atoms with van der Waals surface area (Å²) in [5.74, 6) is -1.09. The minimum atomic E-state index is -1.02. The van der Waals surface area contributed by atoms with Crippen LogP contribution in [0, 0.1) is 0 Å². The zero-order chi connectivity index (χ0) is 15.1. The van der Waals surface area contributed by atoms with E-state index >= 15 is 0 Å². The minimum Gasteiger partial charge on any atom is -0.427 e. The van der Waals surface area contributed by atoms with Gasteiger partial charge >= 0.3 is 11.4 Å². The number of carbonyl (C=O) groups is 2. The predicted molar refractivity (Wildman–Crippen MR) is 78.0 cm³/mol. The van der Waals surface area contributed by atoms with Crippen molar-refractivity contribution in [3.63, 3.8) is 0 Å². The van der Waals surface area contributed by atoms with Crippen LogP contribution in [0.3, 0.4) is 0 Å². The number of ether oxygens (including phenoxy) is 2. The van der Waals surface area contributed by atoms with Gasteiger partial charge in [0.25, 0.3) is 0 Å². The Kier molecular flexibility index (Phi) is 5.35. The van der Waals surface area contributed by atoms with Gasteiger partial charge in [-0.1, -0.05) is 60.7 Å². The Morgan fingerprint density at radius 2 is 1.33 bits per heavy atom. The summed E-state index contributed by atoms with van der Waals surface area (Å²) >= 11 is 5.02. The molecule has 0 aromatic heterocycles. The van der Waals surface area contributed by atoms with Crippen LogP contribution < -0.4 is 0 Å². The molecule has 21 heavy (non-hydrogen) atoms. The zero-order valence-corrected chi connectivity index (χ0v) is 11.8. The molecule has 2 rings (SSSR count). The molecule has 4 nitrogen and oxygen atoms in total. The summed E-state index contributed by atoms with van der Waals surface area (Å²) in [6.07, 6.45) is 0. The number of halogens is 1. The lowest BCUT2D eigenvalue weighted by atomic mass is 9.91. The van der Waals surface area contributed by atoms with Crippen molar-refractivity contribution in [1.82, 2.24) is 0 Å². The van der Waals surface area contributed by atoms with E-state index in [-0.39, 0.29) is 0 Å². The van der Waals surface area contributed by atoms with Gasteiger partial charge in [0.05, 0.1) is 0 Å². The lowest BCUT2D eigenvalue weighted by Crippen LogP contribution is -2.19. The van der Waals surface area contributed by atoms with Crippen LogP contribution in [0.25, 0.3) is 0 Å². The van der Waals surface area contributed by atoms with Crippen molar-refractivity contribution in [2.75, 3.05) is 6.79 Å². The Morgan fingerprint density at radius 1 is 0.857 bits per heavy atom. The average molecular weight is 305 g/mol. The molecule has 0 unspecified atom stereocenters. The van der Waals surface area contributed by atoms with Crippen LogP contribution in [-0.2, 0) is 14.3 Å². The summed E-state index contributed by atoms with van der Waals surface area (Å²) in [5.41, 5.74) is 0.579. The van der Waals surface area contributed by atoms with Gasteiger partial charge in [0.15, 0.2) is 0 Å². The SMILES string of the molecule is O=C(Cl)OCOC(=O)C(c1ccccc1)c1ccccc1. The van der Waals surface area contributed by atoms with Gasteiger partial charge in [0.2, 0.25) is 6.79 Å². The van der Waals surface area contributed by atoms with Crippen molar-refractivity contribution in [1.29, 1.82) is 0 Å². The van der Waals surface area contributed by atoms with E-state index in [2.05, 4.69) is 4.74 Å². The number of hydrogen-bond acceptors (Lipinski definition) is 4. The van der Waals surface area contributed by atoms with E-state index in [4.69, 9.17) is 16.3 Å². The van der Waals surface area contributed by atoms with Crippen molar-refractivity contribution in [2.45, 2.75) is 5.92 Å². The van der Waals surface area contributed by atoms with Gasteiger partial charge in [-0.2, -0.15) is 0 Å². The van der Waals surface area contributed by atoms with Crippen LogP contribution >= 0.6 is 11.6 Å². The fraction of sp³-hybridized carbons (Fsp3) is 0.125. The van der Waals surface area contributed by atoms with Crippen LogP contribution in [0.5, 0.6) is 0 Å². The molecular weight excluding hydrogens is 292 g/mol. The normalized spacial score (nSPS) is 10.2. The number of esters is 1. The molecule has 2 aromatic rings. The Labute approximate surface area is 127 Å². The van der Waals surface area contributed by atoms with Crippen molar-refractivity contribution in [3.05, 3.63) is 71.8 Å². The van der Waals surface area contributed by atoms with Gasteiger partial charge < -0.3 is 9.47 Å². The topological polar surface area (TPSA) is 52.6 Å². The van der Waals surface area contributed by atoms with Gasteiger partial charge in [0, 0.05) is 11.6 Å². The molecule has 0 aliphatic rings. The highest BCUT2D eigenvalue weighted by molar-refractivity contribution is 6.61. The fourth-order valence-corrected chi connectivity index (χ4v) is 2.02. The first-order valence-electron chi connectivity index (χ1n) is 6.27. The van der Waals surface area contributed by atoms with Crippen LogP contribution in [0.4, 0.5) is 4.79 Å². The molecule has 0 radical (unpaired) electrons. The Hall–Kier alpha value is -2.33. The molecule has 0 atom stereocenters. The first-order chi connectivity index (χ1) is 10.2. The monoisotopic (exact) mass is 304 g/mol. The van der Waals surface area contributed by atoms with Gasteiger partial charge in [-0.15, -0.1) is 0 Å². The van der Waals surface area contributed by atoms with Crippen molar-refractivity contribution in [3.8, 4) is 0 Å². The number of benzene rings is 2. The molecule has 0 saturated heterocycles. The summed E-state index contributed by atoms with van der Waals surface area (Å²) in [7, 11) is 0. The molecule has 108 valence electrons. The molecular formula is C16H13ClO4. The summed E-state index contributed by atoms with van der Waals surface area (Å²) < 4.78 is 9.38. The summed E-state index contributed by atoms with van der Waals surface area (Å²) in [4.78, 5) is 22.8. The lowest BCUT2D eigenvalue weighted by Gasteiger charge is -2.16. The quantitative estimate of drug-likeness (QED) is 0.480. The third kappa shape index (κ3) is 4.33. The summed E-state index contributed by atoms with van der Waals surface area (Å²) in [5, 5.41) is 0. The maximum atomic E-state index is 12.3. The molecule has 5 heteroatoms. The van der Waals surface area contributed by atoms with Crippen molar-refractivity contribution in [2.24, 2.45) is 0 Å². The molecule has 2 aromatic carbocycles. The summed E-state index contributed by atoms with van der Waals surface area (Å²) in [6, 6.07) is 18.5. The highest BCUT2D eigenvalue weighted by Crippen LogP contribution is 2.25. The van der Waals surface area contributed by atoms with Gasteiger partial charge in [-0.25, -0.2) is 4.79 Å². The fourth-order valence-electron chi connectivity index (χ4n) is 1.97. The van der Waals surface area contributed by atoms with E-state index in [1.54, 1.807) is 0 Å². The Morgan fingerprint density at radius 3 is 1.76 bits per heavy atom. The standard InChI is InChI=1S/C16H13ClO4/c17-16(19)21-11-20-15(18)14(12-7-3-1-4-8-12)13-9-5-2-6-10-13/h1-10,14H,11H2. The van der Waals surface area contributed by atoms with Gasteiger partial charge in [-0.05, 0) is 11.1 Å². The maximum absolute atomic E-state index is 12.3. The minimum absolute atomic E-state index is 0.503. The van der Waals surface area contributed by atoms with E-state index < -0.39 is 24.1 Å². The third-order valence-corrected chi connectivity index (χ3v) is 2.98. The summed E-state index contributed by atoms with van der Waals surface area (Å²) in [6.45, 7) is -0.503. The molecule has 0 amide bonds. The average Bonchev–Trinajstić information content (AvgIpc) is 2.49. The smallest absolute Gasteiger partial charge is 0.406 e. The lowest BCUT2D eigenvalue weighted by molar-refractivity contribution is -0.152. The number of carbonyl (C=O) groups excluding carboxylic acids is 2. The molecule has 0 saturated carbocycles. The molecule has 0 spiro atoms. The second-order valence-electron chi connectivity index (χ2n) is 4.22. The van der Waals surface area contributed by atoms with Gasteiger partial charge in [0.1, 0.15) is 5.92 Å². The van der Waals surface area contributed by atoms with Gasteiger partial charge in [-0.3, -0.25) is 4.79 Å². The highest BCUT2D eigenvalue weighted by atomic mass is 35.5. The van der Waals surface area contributed by atoms with E-state index in [1.165, 1.54) is 0 Å². The molecule has 0 heterocycles. The maximum Gasteiger partial charge on any atom is 0.406 e. The molecule has 0 aliphatic carbocycles. The first kappa shape index (κ1) is 15.1. The highest BCUT2D eigenvalue weighted by Gasteiger charge is 2.24. The van der Waals surface area contributed by atoms with E-state index in [0.717, 1.165) is 11.1 Å². The molecule has 0 aliphatic heterocycles.